The summed E-state index contributed by atoms with van der Waals surface area (Å²) in [6.07, 6.45) is 3.43. The largest absolute Gasteiger partial charge is 0.493 e. The Labute approximate surface area is 245 Å². The van der Waals surface area contributed by atoms with Crippen molar-refractivity contribution in [2.24, 2.45) is 11.8 Å². The number of methoxy groups -OCH3 is 1. The van der Waals surface area contributed by atoms with Gasteiger partial charge in [-0.25, -0.2) is 4.79 Å². The third-order valence-electron chi connectivity index (χ3n) is 8.10. The molecule has 8 heteroatoms. The molecule has 1 saturated heterocycles. The highest BCUT2D eigenvalue weighted by molar-refractivity contribution is 5.95. The Morgan fingerprint density at radius 3 is 2.39 bits per heavy atom. The van der Waals surface area contributed by atoms with Gasteiger partial charge in [0.2, 0.25) is 0 Å². The number of rotatable bonds is 15. The Balaban J connectivity index is 1.40. The van der Waals surface area contributed by atoms with Crippen molar-refractivity contribution in [3.05, 3.63) is 65.2 Å². The molecule has 0 aromatic heterocycles. The Morgan fingerprint density at radius 2 is 1.73 bits per heavy atom. The lowest BCUT2D eigenvalue weighted by atomic mass is 9.94. The average Bonchev–Trinajstić information content (AvgIpc) is 3.74. The van der Waals surface area contributed by atoms with E-state index in [1.807, 2.05) is 58.3 Å². The van der Waals surface area contributed by atoms with E-state index >= 15 is 0 Å². The highest BCUT2D eigenvalue weighted by atomic mass is 16.6. The topological polar surface area (TPSA) is 80.3 Å². The third-order valence-corrected chi connectivity index (χ3v) is 8.10. The van der Waals surface area contributed by atoms with Crippen molar-refractivity contribution in [3.63, 3.8) is 0 Å². The second-order valence-electron chi connectivity index (χ2n) is 11.5. The van der Waals surface area contributed by atoms with Crippen molar-refractivity contribution in [2.75, 3.05) is 46.5 Å². The molecule has 4 rings (SSSR count). The zero-order chi connectivity index (χ0) is 29.2. The Kier molecular flexibility index (Phi) is 11.5. The first-order valence-electron chi connectivity index (χ1n) is 15.1. The summed E-state index contributed by atoms with van der Waals surface area (Å²) >= 11 is 0. The van der Waals surface area contributed by atoms with Gasteiger partial charge in [-0.05, 0) is 68.2 Å². The number of carbonyl (C=O) groups is 2. The van der Waals surface area contributed by atoms with Gasteiger partial charge in [-0.2, -0.15) is 0 Å². The molecule has 8 nitrogen and oxygen atoms in total. The van der Waals surface area contributed by atoms with Crippen LogP contribution in [0.4, 0.5) is 4.79 Å². The number of hydrogen-bond acceptors (Lipinski definition) is 6. The monoisotopic (exact) mass is 565 g/mol. The summed E-state index contributed by atoms with van der Waals surface area (Å²) in [6.45, 7) is 10.6. The van der Waals surface area contributed by atoms with Gasteiger partial charge in [-0.1, -0.05) is 43.3 Å². The number of nitrogens with one attached hydrogen (secondary N) is 1. The fourth-order valence-electron chi connectivity index (χ4n) is 5.47. The van der Waals surface area contributed by atoms with Crippen molar-refractivity contribution < 1.29 is 23.8 Å². The molecule has 2 fully saturated rings. The minimum Gasteiger partial charge on any atom is -0.493 e. The molecule has 1 aliphatic heterocycles. The fraction of sp³-hybridized carbons (Fsp3) is 0.576. The van der Waals surface area contributed by atoms with E-state index in [1.54, 1.807) is 7.11 Å². The smallest absolute Gasteiger partial charge is 0.410 e. The number of ether oxygens (including phenoxy) is 3. The van der Waals surface area contributed by atoms with Gasteiger partial charge in [0.15, 0.2) is 0 Å². The van der Waals surface area contributed by atoms with Gasteiger partial charge in [-0.15, -0.1) is 0 Å². The van der Waals surface area contributed by atoms with E-state index in [9.17, 15) is 9.59 Å². The van der Waals surface area contributed by atoms with Crippen LogP contribution in [0.1, 0.15) is 61.5 Å². The maximum Gasteiger partial charge on any atom is 0.410 e. The molecule has 2 atom stereocenters. The molecule has 224 valence electrons. The predicted octanol–water partition coefficient (Wildman–Crippen LogP) is 5.15. The third kappa shape index (κ3) is 8.69. The van der Waals surface area contributed by atoms with Crippen LogP contribution in [0, 0.1) is 11.8 Å². The van der Waals surface area contributed by atoms with E-state index in [2.05, 4.69) is 26.1 Å². The normalized spacial score (nSPS) is 18.4. The average molecular weight is 566 g/mol. The Hall–Kier alpha value is -3.10. The number of carbonyl (C=O) groups excluding carboxylic acids is 2. The first kappa shape index (κ1) is 30.8. The zero-order valence-corrected chi connectivity index (χ0v) is 25.1. The molecule has 1 saturated carbocycles. The van der Waals surface area contributed by atoms with Gasteiger partial charge in [0.1, 0.15) is 12.4 Å². The Morgan fingerprint density at radius 1 is 1.00 bits per heavy atom. The maximum absolute atomic E-state index is 13.8. The van der Waals surface area contributed by atoms with Gasteiger partial charge in [-0.3, -0.25) is 4.79 Å². The van der Waals surface area contributed by atoms with Crippen LogP contribution in [0.3, 0.4) is 0 Å². The van der Waals surface area contributed by atoms with Crippen LogP contribution in [0.15, 0.2) is 48.5 Å². The highest BCUT2D eigenvalue weighted by Gasteiger charge is 2.39. The molecule has 1 heterocycles. The van der Waals surface area contributed by atoms with Gasteiger partial charge < -0.3 is 29.3 Å². The quantitative estimate of drug-likeness (QED) is 0.301. The second-order valence-corrected chi connectivity index (χ2v) is 11.5. The van der Waals surface area contributed by atoms with Gasteiger partial charge in [0, 0.05) is 64.0 Å². The molecule has 0 bridgehead atoms. The van der Waals surface area contributed by atoms with Crippen LogP contribution in [0.25, 0.3) is 0 Å². The summed E-state index contributed by atoms with van der Waals surface area (Å²) < 4.78 is 16.9. The predicted molar refractivity (Wildman–Crippen MR) is 160 cm³/mol. The van der Waals surface area contributed by atoms with Crippen LogP contribution in [-0.4, -0.2) is 80.4 Å². The standard InChI is InChI=1S/C33H47N3O5/c1-5-26-12-13-27(18-31(26)40-17-9-16-39-4)32(37)35(24(2)3)21-28-19-34-20-29(28)22-36(30-14-15-30)33(38)41-23-25-10-7-6-8-11-25/h6-8,10-13,18,24,28-30,34H,5,9,14-17,19-23H2,1-4H3/t28-,29-/m0/s1. The van der Waals surface area contributed by atoms with E-state index in [0.717, 1.165) is 55.6 Å². The minimum absolute atomic E-state index is 0.0105. The van der Waals surface area contributed by atoms with Crippen molar-refractivity contribution in [1.82, 2.24) is 15.1 Å². The molecule has 41 heavy (non-hydrogen) atoms. The molecule has 2 aromatic rings. The van der Waals surface area contributed by atoms with Crippen LogP contribution < -0.4 is 10.1 Å². The van der Waals surface area contributed by atoms with Crippen molar-refractivity contribution in [3.8, 4) is 5.75 Å². The van der Waals surface area contributed by atoms with E-state index in [1.165, 1.54) is 0 Å². The van der Waals surface area contributed by atoms with Gasteiger partial charge >= 0.3 is 6.09 Å². The molecule has 1 N–H and O–H groups in total. The molecule has 0 spiro atoms. The SMILES string of the molecule is CCc1ccc(C(=O)N(C[C@@H]2CNC[C@H]2CN(C(=O)OCc2ccccc2)C2CC2)C(C)C)cc1OCCCOC. The molecule has 1 aliphatic carbocycles. The van der Waals surface area contributed by atoms with Crippen LogP contribution in [-0.2, 0) is 22.5 Å². The molecule has 2 amide bonds. The maximum atomic E-state index is 13.8. The van der Waals surface area contributed by atoms with E-state index in [4.69, 9.17) is 14.2 Å². The van der Waals surface area contributed by atoms with E-state index in [0.29, 0.717) is 31.9 Å². The van der Waals surface area contributed by atoms with E-state index < -0.39 is 0 Å². The van der Waals surface area contributed by atoms with E-state index in [-0.39, 0.29) is 42.5 Å². The number of nitrogens with zero attached hydrogens (tertiary/aromatic N) is 2. The van der Waals surface area contributed by atoms with Crippen molar-refractivity contribution >= 4 is 12.0 Å². The summed E-state index contributed by atoms with van der Waals surface area (Å²) in [5.41, 5.74) is 2.72. The molecular formula is C33H47N3O5. The van der Waals surface area contributed by atoms with Crippen LogP contribution >= 0.6 is 0 Å². The first-order valence-corrected chi connectivity index (χ1v) is 15.1. The summed E-state index contributed by atoms with van der Waals surface area (Å²) in [7, 11) is 1.68. The summed E-state index contributed by atoms with van der Waals surface area (Å²) in [6, 6.07) is 15.9. The molecular weight excluding hydrogens is 518 g/mol. The minimum atomic E-state index is -0.243. The Bertz CT molecular complexity index is 1120. The lowest BCUT2D eigenvalue weighted by Gasteiger charge is -2.33. The zero-order valence-electron chi connectivity index (χ0n) is 25.1. The number of benzene rings is 2. The summed E-state index contributed by atoms with van der Waals surface area (Å²) in [4.78, 5) is 30.8. The number of aryl methyl sites for hydroxylation is 1. The highest BCUT2D eigenvalue weighted by Crippen LogP contribution is 2.31. The molecule has 2 aliphatic rings. The first-order chi connectivity index (χ1) is 19.9. The van der Waals surface area contributed by atoms with Gasteiger partial charge in [0.05, 0.1) is 6.61 Å². The van der Waals surface area contributed by atoms with Crippen LogP contribution in [0.2, 0.25) is 0 Å². The molecule has 0 unspecified atom stereocenters. The summed E-state index contributed by atoms with van der Waals surface area (Å²) in [5.74, 6) is 1.27. The number of hydrogen-bond donors (Lipinski definition) is 1. The van der Waals surface area contributed by atoms with Gasteiger partial charge in [0.25, 0.3) is 5.91 Å². The second kappa shape index (κ2) is 15.2. The lowest BCUT2D eigenvalue weighted by molar-refractivity contribution is 0.0627. The van der Waals surface area contributed by atoms with Crippen LogP contribution in [0.5, 0.6) is 5.75 Å². The van der Waals surface area contributed by atoms with Crippen molar-refractivity contribution in [1.29, 1.82) is 0 Å². The fourth-order valence-corrected chi connectivity index (χ4v) is 5.47. The summed E-state index contributed by atoms with van der Waals surface area (Å²) in [5, 5.41) is 3.52. The number of amides is 2. The van der Waals surface area contributed by atoms with Crippen molar-refractivity contribution in [2.45, 2.75) is 65.1 Å². The molecule has 2 aromatic carbocycles. The molecule has 0 radical (unpaired) electrons. The lowest BCUT2D eigenvalue weighted by Crippen LogP contribution is -2.45.